The van der Waals surface area contributed by atoms with Crippen LogP contribution in [0.25, 0.3) is 0 Å². The molecule has 0 atom stereocenters. The second kappa shape index (κ2) is 3.15. The maximum absolute atomic E-state index is 11.7. The molecule has 10 heavy (non-hydrogen) atoms. The highest BCUT2D eigenvalue weighted by atomic mass is 19.1. The summed E-state index contributed by atoms with van der Waals surface area (Å²) in [6.45, 7) is -0.479. The average molecular weight is 141 g/mol. The van der Waals surface area contributed by atoms with Crippen LogP contribution < -0.4 is 5.56 Å². The third-order valence-corrected chi connectivity index (χ3v) is 1.26. The van der Waals surface area contributed by atoms with E-state index in [9.17, 15) is 9.18 Å². The molecule has 0 aliphatic rings. The summed E-state index contributed by atoms with van der Waals surface area (Å²) >= 11 is 0. The fourth-order valence-corrected chi connectivity index (χ4v) is 0.755. The minimum Gasteiger partial charge on any atom is -0.329 e. The maximum atomic E-state index is 11.7. The van der Waals surface area contributed by atoms with Crippen molar-refractivity contribution in [3.63, 3.8) is 0 Å². The largest absolute Gasteiger partial charge is 0.329 e. The topological polar surface area (TPSA) is 32.9 Å². The maximum Gasteiger partial charge on any atom is 0.251 e. The lowest BCUT2D eigenvalue weighted by molar-refractivity contribution is 0.494. The highest BCUT2D eigenvalue weighted by Gasteiger charge is 1.94. The van der Waals surface area contributed by atoms with E-state index in [0.29, 0.717) is 5.56 Å². The van der Waals surface area contributed by atoms with Gasteiger partial charge in [-0.15, -0.1) is 0 Å². The molecule has 2 nitrogen and oxygen atoms in total. The fourth-order valence-electron chi connectivity index (χ4n) is 0.755. The molecule has 0 fully saturated rings. The van der Waals surface area contributed by atoms with Crippen molar-refractivity contribution in [3.05, 3.63) is 34.2 Å². The van der Waals surface area contributed by atoms with Crippen LogP contribution in [0.2, 0.25) is 0 Å². The van der Waals surface area contributed by atoms with Crippen LogP contribution in [-0.4, -0.2) is 11.7 Å². The second-order valence-electron chi connectivity index (χ2n) is 1.96. The normalized spacial score (nSPS) is 9.70. The van der Waals surface area contributed by atoms with Gasteiger partial charge in [-0.05, 0) is 6.07 Å². The highest BCUT2D eigenvalue weighted by Crippen LogP contribution is 1.90. The van der Waals surface area contributed by atoms with Crippen LogP contribution in [0.5, 0.6) is 0 Å². The van der Waals surface area contributed by atoms with Crippen molar-refractivity contribution in [2.45, 2.75) is 6.42 Å². The van der Waals surface area contributed by atoms with Crippen LogP contribution in [0.15, 0.2) is 23.1 Å². The Morgan fingerprint density at radius 2 is 2.40 bits per heavy atom. The standard InChI is InChI=1S/C7H8FNO/c8-4-3-6-2-1-5-9-7(6)10/h1-2,5H,3-4H2,(H,9,10). The number of hydrogen-bond donors (Lipinski definition) is 1. The number of halogens is 1. The third kappa shape index (κ3) is 1.43. The van der Waals surface area contributed by atoms with E-state index >= 15 is 0 Å². The Hall–Kier alpha value is -1.12. The van der Waals surface area contributed by atoms with Crippen molar-refractivity contribution in [1.82, 2.24) is 4.98 Å². The van der Waals surface area contributed by atoms with Gasteiger partial charge in [-0.3, -0.25) is 9.18 Å². The summed E-state index contributed by atoms with van der Waals surface area (Å²) in [6.07, 6.45) is 1.74. The molecule has 0 unspecified atom stereocenters. The summed E-state index contributed by atoms with van der Waals surface area (Å²) in [6, 6.07) is 3.31. The third-order valence-electron chi connectivity index (χ3n) is 1.26. The van der Waals surface area contributed by atoms with Crippen LogP contribution >= 0.6 is 0 Å². The number of H-pyrrole nitrogens is 1. The molecule has 0 aliphatic carbocycles. The molecule has 0 amide bonds. The second-order valence-corrected chi connectivity index (χ2v) is 1.96. The van der Waals surface area contributed by atoms with E-state index in [4.69, 9.17) is 0 Å². The summed E-state index contributed by atoms with van der Waals surface area (Å²) in [5.74, 6) is 0. The Balaban J connectivity index is 2.92. The highest BCUT2D eigenvalue weighted by molar-refractivity contribution is 5.08. The SMILES string of the molecule is O=c1[nH]cccc1CCF. The Bertz CT molecular complexity index is 256. The van der Waals surface area contributed by atoms with E-state index in [0.717, 1.165) is 0 Å². The first-order valence-electron chi connectivity index (χ1n) is 3.07. The Morgan fingerprint density at radius 3 is 3.00 bits per heavy atom. The van der Waals surface area contributed by atoms with Crippen LogP contribution in [0.4, 0.5) is 4.39 Å². The zero-order chi connectivity index (χ0) is 7.40. The molecule has 1 rings (SSSR count). The first-order valence-corrected chi connectivity index (χ1v) is 3.07. The molecule has 0 saturated carbocycles. The molecule has 0 radical (unpaired) electrons. The molecule has 54 valence electrons. The number of hydrogen-bond acceptors (Lipinski definition) is 1. The average Bonchev–Trinajstić information content (AvgIpc) is 1.94. The molecule has 0 spiro atoms. The minimum atomic E-state index is -0.479. The van der Waals surface area contributed by atoms with Crippen molar-refractivity contribution in [1.29, 1.82) is 0 Å². The number of rotatable bonds is 2. The van der Waals surface area contributed by atoms with Crippen LogP contribution in [-0.2, 0) is 6.42 Å². The van der Waals surface area contributed by atoms with Gasteiger partial charge in [0.2, 0.25) is 0 Å². The molecular weight excluding hydrogens is 133 g/mol. The van der Waals surface area contributed by atoms with Crippen LogP contribution in [0.1, 0.15) is 5.56 Å². The van der Waals surface area contributed by atoms with Gasteiger partial charge in [0.15, 0.2) is 0 Å². The van der Waals surface area contributed by atoms with E-state index in [1.165, 1.54) is 6.20 Å². The Kier molecular flexibility index (Phi) is 2.20. The van der Waals surface area contributed by atoms with E-state index in [1.54, 1.807) is 12.1 Å². The van der Waals surface area contributed by atoms with Gasteiger partial charge in [0.1, 0.15) is 0 Å². The Labute approximate surface area is 57.7 Å². The van der Waals surface area contributed by atoms with Crippen molar-refractivity contribution in [2.75, 3.05) is 6.67 Å². The predicted octanol–water partition coefficient (Wildman–Crippen LogP) is 0.887. The van der Waals surface area contributed by atoms with Crippen molar-refractivity contribution in [3.8, 4) is 0 Å². The zero-order valence-electron chi connectivity index (χ0n) is 5.43. The van der Waals surface area contributed by atoms with Gasteiger partial charge < -0.3 is 4.98 Å². The lowest BCUT2D eigenvalue weighted by Gasteiger charge is -1.91. The van der Waals surface area contributed by atoms with Gasteiger partial charge in [-0.2, -0.15) is 0 Å². The summed E-state index contributed by atoms with van der Waals surface area (Å²) in [5, 5.41) is 0. The van der Waals surface area contributed by atoms with Crippen molar-refractivity contribution >= 4 is 0 Å². The smallest absolute Gasteiger partial charge is 0.251 e. The molecule has 0 aromatic carbocycles. The van der Waals surface area contributed by atoms with Crippen molar-refractivity contribution in [2.24, 2.45) is 0 Å². The van der Waals surface area contributed by atoms with Crippen LogP contribution in [0.3, 0.4) is 0 Å². The summed E-state index contributed by atoms with van der Waals surface area (Å²) < 4.78 is 11.7. The molecule has 1 aromatic heterocycles. The summed E-state index contributed by atoms with van der Waals surface area (Å²) in [5.41, 5.74) is 0.310. The lowest BCUT2D eigenvalue weighted by Crippen LogP contribution is -2.11. The number of aryl methyl sites for hydroxylation is 1. The molecular formula is C7H8FNO. The number of aromatic nitrogens is 1. The van der Waals surface area contributed by atoms with Gasteiger partial charge in [0.25, 0.3) is 5.56 Å². The van der Waals surface area contributed by atoms with Gasteiger partial charge >= 0.3 is 0 Å². The molecule has 3 heteroatoms. The van der Waals surface area contributed by atoms with Crippen LogP contribution in [0, 0.1) is 0 Å². The fraction of sp³-hybridized carbons (Fsp3) is 0.286. The predicted molar refractivity (Wildman–Crippen MR) is 36.7 cm³/mol. The Morgan fingerprint density at radius 1 is 1.60 bits per heavy atom. The number of alkyl halides is 1. The van der Waals surface area contributed by atoms with E-state index < -0.39 is 6.67 Å². The van der Waals surface area contributed by atoms with Gasteiger partial charge in [-0.25, -0.2) is 0 Å². The zero-order valence-corrected chi connectivity index (χ0v) is 5.43. The lowest BCUT2D eigenvalue weighted by atomic mass is 10.2. The minimum absolute atomic E-state index is 0.194. The molecule has 1 N–H and O–H groups in total. The molecule has 0 aliphatic heterocycles. The molecule has 1 heterocycles. The van der Waals surface area contributed by atoms with Gasteiger partial charge in [-0.1, -0.05) is 6.07 Å². The van der Waals surface area contributed by atoms with Gasteiger partial charge in [0, 0.05) is 18.2 Å². The first-order chi connectivity index (χ1) is 4.84. The summed E-state index contributed by atoms with van der Waals surface area (Å²) in [7, 11) is 0. The van der Waals surface area contributed by atoms with Crippen molar-refractivity contribution < 1.29 is 4.39 Å². The summed E-state index contributed by atoms with van der Waals surface area (Å²) in [4.78, 5) is 13.2. The molecule has 0 saturated heterocycles. The van der Waals surface area contributed by atoms with E-state index in [-0.39, 0.29) is 12.0 Å². The van der Waals surface area contributed by atoms with Gasteiger partial charge in [0.05, 0.1) is 6.67 Å². The first kappa shape index (κ1) is 6.99. The number of pyridine rings is 1. The number of aromatic amines is 1. The number of nitrogens with one attached hydrogen (secondary N) is 1. The quantitative estimate of drug-likeness (QED) is 0.651. The van der Waals surface area contributed by atoms with E-state index in [1.807, 2.05) is 0 Å². The monoisotopic (exact) mass is 141 g/mol. The molecule has 0 bridgehead atoms. The molecule has 1 aromatic rings. The van der Waals surface area contributed by atoms with E-state index in [2.05, 4.69) is 4.98 Å².